The summed E-state index contributed by atoms with van der Waals surface area (Å²) in [5.41, 5.74) is 1.56. The summed E-state index contributed by atoms with van der Waals surface area (Å²) in [6.45, 7) is 0. The van der Waals surface area contributed by atoms with Gasteiger partial charge >= 0.3 is 0 Å². The highest BCUT2D eigenvalue weighted by Gasteiger charge is 2.14. The van der Waals surface area contributed by atoms with E-state index in [1.165, 1.54) is 24.3 Å². The van der Waals surface area contributed by atoms with E-state index in [2.05, 4.69) is 10.6 Å². The van der Waals surface area contributed by atoms with Gasteiger partial charge in [-0.1, -0.05) is 12.1 Å². The Bertz CT molecular complexity index is 954. The number of carbonyl (C=O) groups is 2. The summed E-state index contributed by atoms with van der Waals surface area (Å²) in [5, 5.41) is 5.46. The molecule has 6 heteroatoms. The maximum atomic E-state index is 13.0. The van der Waals surface area contributed by atoms with E-state index in [0.29, 0.717) is 28.3 Å². The Kier molecular flexibility index (Phi) is 5.47. The van der Waals surface area contributed by atoms with E-state index in [0.717, 1.165) is 0 Å². The second-order valence-corrected chi connectivity index (χ2v) is 5.69. The predicted molar refractivity (Wildman–Crippen MR) is 102 cm³/mol. The molecular formula is C21H17FN2O3. The van der Waals surface area contributed by atoms with Crippen LogP contribution < -0.4 is 15.4 Å². The van der Waals surface area contributed by atoms with Gasteiger partial charge in [-0.2, -0.15) is 0 Å². The number of nitrogens with one attached hydrogen (secondary N) is 2. The van der Waals surface area contributed by atoms with Crippen LogP contribution in [0.3, 0.4) is 0 Å². The van der Waals surface area contributed by atoms with Gasteiger partial charge in [0.05, 0.1) is 18.4 Å². The van der Waals surface area contributed by atoms with E-state index in [1.54, 1.807) is 55.6 Å². The van der Waals surface area contributed by atoms with E-state index < -0.39 is 11.7 Å². The highest BCUT2D eigenvalue weighted by Crippen LogP contribution is 2.20. The molecule has 0 saturated heterocycles. The van der Waals surface area contributed by atoms with Gasteiger partial charge in [-0.05, 0) is 60.7 Å². The minimum Gasteiger partial charge on any atom is -0.497 e. The molecule has 0 radical (unpaired) electrons. The smallest absolute Gasteiger partial charge is 0.257 e. The highest BCUT2D eigenvalue weighted by molar-refractivity contribution is 6.12. The average Bonchev–Trinajstić information content (AvgIpc) is 2.69. The Hall–Kier alpha value is -3.67. The number of para-hydroxylation sites is 1. The van der Waals surface area contributed by atoms with Crippen LogP contribution in [-0.4, -0.2) is 18.9 Å². The summed E-state index contributed by atoms with van der Waals surface area (Å²) >= 11 is 0. The Balaban J connectivity index is 1.77. The zero-order valence-electron chi connectivity index (χ0n) is 14.5. The lowest BCUT2D eigenvalue weighted by Gasteiger charge is -2.12. The van der Waals surface area contributed by atoms with Crippen LogP contribution in [0, 0.1) is 5.82 Å². The number of rotatable bonds is 5. The molecule has 0 fully saturated rings. The molecule has 0 aliphatic carbocycles. The van der Waals surface area contributed by atoms with Crippen LogP contribution in [0.25, 0.3) is 0 Å². The third kappa shape index (κ3) is 4.49. The van der Waals surface area contributed by atoms with Gasteiger partial charge in [0.2, 0.25) is 0 Å². The molecular weight excluding hydrogens is 347 g/mol. The Labute approximate surface area is 155 Å². The lowest BCUT2D eigenvalue weighted by Crippen LogP contribution is -2.18. The predicted octanol–water partition coefficient (Wildman–Crippen LogP) is 4.34. The van der Waals surface area contributed by atoms with Crippen LogP contribution >= 0.6 is 0 Å². The first-order chi connectivity index (χ1) is 13.1. The fourth-order valence-electron chi connectivity index (χ4n) is 2.46. The molecule has 0 spiro atoms. The molecule has 27 heavy (non-hydrogen) atoms. The zero-order valence-corrected chi connectivity index (χ0v) is 14.5. The van der Waals surface area contributed by atoms with Gasteiger partial charge in [-0.3, -0.25) is 9.59 Å². The van der Waals surface area contributed by atoms with Crippen molar-refractivity contribution in [3.8, 4) is 5.75 Å². The van der Waals surface area contributed by atoms with Crippen molar-refractivity contribution in [3.63, 3.8) is 0 Å². The molecule has 3 aromatic carbocycles. The number of halogens is 1. The van der Waals surface area contributed by atoms with Crippen LogP contribution in [0.15, 0.2) is 72.8 Å². The molecule has 2 N–H and O–H groups in total. The zero-order chi connectivity index (χ0) is 19.2. The summed E-state index contributed by atoms with van der Waals surface area (Å²) in [6.07, 6.45) is 0. The first-order valence-electron chi connectivity index (χ1n) is 8.18. The van der Waals surface area contributed by atoms with Crippen LogP contribution in [-0.2, 0) is 0 Å². The summed E-state index contributed by atoms with van der Waals surface area (Å²) in [7, 11) is 1.56. The standard InChI is InChI=1S/C21H17FN2O3/c1-27-17-12-10-16(11-13-17)23-21(26)18-4-2-3-5-19(18)24-20(25)14-6-8-15(22)9-7-14/h2-13H,1H3,(H,23,26)(H,24,25). The van der Waals surface area contributed by atoms with Crippen molar-refractivity contribution >= 4 is 23.2 Å². The van der Waals surface area contributed by atoms with Crippen molar-refractivity contribution in [2.24, 2.45) is 0 Å². The van der Waals surface area contributed by atoms with Crippen molar-refractivity contribution in [2.45, 2.75) is 0 Å². The molecule has 0 atom stereocenters. The van der Waals surface area contributed by atoms with Crippen molar-refractivity contribution in [1.82, 2.24) is 0 Å². The summed E-state index contributed by atoms with van der Waals surface area (Å²) in [6, 6.07) is 18.7. The molecule has 0 bridgehead atoms. The minimum atomic E-state index is -0.431. The van der Waals surface area contributed by atoms with Crippen molar-refractivity contribution in [1.29, 1.82) is 0 Å². The number of methoxy groups -OCH3 is 1. The van der Waals surface area contributed by atoms with Crippen LogP contribution in [0.4, 0.5) is 15.8 Å². The van der Waals surface area contributed by atoms with Gasteiger partial charge in [0, 0.05) is 11.3 Å². The quantitative estimate of drug-likeness (QED) is 0.708. The summed E-state index contributed by atoms with van der Waals surface area (Å²) in [5.74, 6) is -0.541. The Morgan fingerprint density at radius 1 is 0.815 bits per heavy atom. The lowest BCUT2D eigenvalue weighted by atomic mass is 10.1. The number of hydrogen-bond donors (Lipinski definition) is 2. The van der Waals surface area contributed by atoms with E-state index in [1.807, 2.05) is 0 Å². The van der Waals surface area contributed by atoms with Crippen molar-refractivity contribution < 1.29 is 18.7 Å². The number of hydrogen-bond acceptors (Lipinski definition) is 3. The number of ether oxygens (including phenoxy) is 1. The Morgan fingerprint density at radius 2 is 1.48 bits per heavy atom. The van der Waals surface area contributed by atoms with E-state index in [9.17, 15) is 14.0 Å². The molecule has 3 rings (SSSR count). The van der Waals surface area contributed by atoms with Gasteiger partial charge in [-0.15, -0.1) is 0 Å². The van der Waals surface area contributed by atoms with E-state index in [4.69, 9.17) is 4.74 Å². The van der Waals surface area contributed by atoms with Gasteiger partial charge in [0.15, 0.2) is 0 Å². The number of carbonyl (C=O) groups excluding carboxylic acids is 2. The van der Waals surface area contributed by atoms with E-state index >= 15 is 0 Å². The van der Waals surface area contributed by atoms with Gasteiger partial charge in [-0.25, -0.2) is 4.39 Å². The molecule has 5 nitrogen and oxygen atoms in total. The molecule has 0 aliphatic rings. The second-order valence-electron chi connectivity index (χ2n) is 5.69. The molecule has 0 aliphatic heterocycles. The summed E-state index contributed by atoms with van der Waals surface area (Å²) < 4.78 is 18.1. The average molecular weight is 364 g/mol. The summed E-state index contributed by atoms with van der Waals surface area (Å²) in [4.78, 5) is 25.0. The molecule has 2 amide bonds. The first-order valence-corrected chi connectivity index (χ1v) is 8.18. The van der Waals surface area contributed by atoms with Gasteiger partial charge in [0.25, 0.3) is 11.8 Å². The van der Waals surface area contributed by atoms with Gasteiger partial charge in [0.1, 0.15) is 11.6 Å². The maximum Gasteiger partial charge on any atom is 0.257 e. The first kappa shape index (κ1) is 18.1. The molecule has 0 heterocycles. The maximum absolute atomic E-state index is 13.0. The minimum absolute atomic E-state index is 0.293. The SMILES string of the molecule is COc1ccc(NC(=O)c2ccccc2NC(=O)c2ccc(F)cc2)cc1. The number of benzene rings is 3. The fourth-order valence-corrected chi connectivity index (χ4v) is 2.46. The fraction of sp³-hybridized carbons (Fsp3) is 0.0476. The third-order valence-electron chi connectivity index (χ3n) is 3.87. The topological polar surface area (TPSA) is 67.4 Å². The Morgan fingerprint density at radius 3 is 2.15 bits per heavy atom. The lowest BCUT2D eigenvalue weighted by molar-refractivity contribution is 0.102. The molecule has 0 saturated carbocycles. The number of anilines is 2. The highest BCUT2D eigenvalue weighted by atomic mass is 19.1. The van der Waals surface area contributed by atoms with Crippen molar-refractivity contribution in [2.75, 3.05) is 17.7 Å². The van der Waals surface area contributed by atoms with Crippen molar-refractivity contribution in [3.05, 3.63) is 89.7 Å². The second kappa shape index (κ2) is 8.14. The monoisotopic (exact) mass is 364 g/mol. The van der Waals surface area contributed by atoms with Gasteiger partial charge < -0.3 is 15.4 Å². The van der Waals surface area contributed by atoms with E-state index in [-0.39, 0.29) is 5.91 Å². The largest absolute Gasteiger partial charge is 0.497 e. The molecule has 0 aromatic heterocycles. The van der Waals surface area contributed by atoms with Crippen LogP contribution in [0.5, 0.6) is 5.75 Å². The molecule has 3 aromatic rings. The normalized spacial score (nSPS) is 10.1. The number of amides is 2. The molecule has 0 unspecified atom stereocenters. The third-order valence-corrected chi connectivity index (χ3v) is 3.87. The van der Waals surface area contributed by atoms with Crippen LogP contribution in [0.1, 0.15) is 20.7 Å². The molecule has 136 valence electrons. The van der Waals surface area contributed by atoms with Crippen LogP contribution in [0.2, 0.25) is 0 Å².